The molecular formula is C18H28O5. The Balaban J connectivity index is 2.24. The number of phenols is 2. The van der Waals surface area contributed by atoms with Crippen LogP contribution in [-0.2, 0) is 11.2 Å². The highest BCUT2D eigenvalue weighted by molar-refractivity contribution is 5.93. The van der Waals surface area contributed by atoms with Gasteiger partial charge in [0.15, 0.2) is 11.5 Å². The van der Waals surface area contributed by atoms with Crippen LogP contribution in [0.3, 0.4) is 0 Å². The molecule has 0 spiro atoms. The van der Waals surface area contributed by atoms with Gasteiger partial charge in [-0.15, -0.1) is 0 Å². The minimum absolute atomic E-state index is 0.197. The standard InChI is InChI=1S/C18H28O5/c1-2-3-4-7-12-23-13-8-5-6-9-14-10-11-15(19)17(20)16(14)18(21)22/h10-11,19-20H,2-9,12-13H2,1H3,(H,21,22). The summed E-state index contributed by atoms with van der Waals surface area (Å²) in [6.45, 7) is 3.73. The van der Waals surface area contributed by atoms with Crippen LogP contribution in [0.2, 0.25) is 0 Å². The lowest BCUT2D eigenvalue weighted by molar-refractivity contribution is 0.0691. The maximum Gasteiger partial charge on any atom is 0.339 e. The van der Waals surface area contributed by atoms with Crippen molar-refractivity contribution < 1.29 is 24.9 Å². The molecule has 0 aliphatic rings. The van der Waals surface area contributed by atoms with Gasteiger partial charge in [-0.1, -0.05) is 38.7 Å². The summed E-state index contributed by atoms with van der Waals surface area (Å²) in [6.07, 6.45) is 8.09. The van der Waals surface area contributed by atoms with Crippen LogP contribution in [0.25, 0.3) is 0 Å². The fraction of sp³-hybridized carbons (Fsp3) is 0.611. The second-order valence-corrected chi connectivity index (χ2v) is 5.76. The number of unbranched alkanes of at least 4 members (excludes halogenated alkanes) is 5. The molecule has 0 amide bonds. The van der Waals surface area contributed by atoms with E-state index in [1.54, 1.807) is 6.07 Å². The molecule has 0 aliphatic carbocycles. The molecule has 5 heteroatoms. The number of carboxylic acid groups (broad SMARTS) is 1. The molecule has 0 heterocycles. The molecule has 23 heavy (non-hydrogen) atoms. The van der Waals surface area contributed by atoms with E-state index < -0.39 is 17.5 Å². The smallest absolute Gasteiger partial charge is 0.339 e. The lowest BCUT2D eigenvalue weighted by Crippen LogP contribution is -2.03. The van der Waals surface area contributed by atoms with Gasteiger partial charge in [0.2, 0.25) is 0 Å². The van der Waals surface area contributed by atoms with E-state index in [4.69, 9.17) is 9.84 Å². The monoisotopic (exact) mass is 324 g/mol. The third-order valence-electron chi connectivity index (χ3n) is 3.83. The van der Waals surface area contributed by atoms with Crippen LogP contribution in [0.5, 0.6) is 11.5 Å². The van der Waals surface area contributed by atoms with Gasteiger partial charge in [0.05, 0.1) is 0 Å². The first kappa shape index (κ1) is 19.3. The molecule has 0 radical (unpaired) electrons. The normalized spacial score (nSPS) is 10.8. The lowest BCUT2D eigenvalue weighted by atomic mass is 10.00. The Morgan fingerprint density at radius 2 is 1.65 bits per heavy atom. The molecule has 1 aromatic rings. The van der Waals surface area contributed by atoms with Crippen molar-refractivity contribution in [2.24, 2.45) is 0 Å². The topological polar surface area (TPSA) is 87.0 Å². The van der Waals surface area contributed by atoms with Gasteiger partial charge in [0.25, 0.3) is 0 Å². The Hall–Kier alpha value is -1.75. The summed E-state index contributed by atoms with van der Waals surface area (Å²) in [6, 6.07) is 2.89. The van der Waals surface area contributed by atoms with Crippen LogP contribution >= 0.6 is 0 Å². The quantitative estimate of drug-likeness (QED) is 0.398. The van der Waals surface area contributed by atoms with Gasteiger partial charge < -0.3 is 20.1 Å². The predicted octanol–water partition coefficient (Wildman–Crippen LogP) is 4.11. The number of rotatable bonds is 12. The zero-order valence-corrected chi connectivity index (χ0v) is 13.9. The molecule has 0 aliphatic heterocycles. The van der Waals surface area contributed by atoms with E-state index >= 15 is 0 Å². The molecule has 3 N–H and O–H groups in total. The van der Waals surface area contributed by atoms with E-state index in [1.165, 1.54) is 25.3 Å². The number of phenolic OH excluding ortho intramolecular Hbond substituents is 1. The molecule has 130 valence electrons. The van der Waals surface area contributed by atoms with Crippen LogP contribution in [0.4, 0.5) is 0 Å². The molecule has 5 nitrogen and oxygen atoms in total. The third kappa shape index (κ3) is 6.91. The SMILES string of the molecule is CCCCCCOCCCCCc1ccc(O)c(O)c1C(=O)O. The van der Waals surface area contributed by atoms with Crippen LogP contribution in [0.1, 0.15) is 67.8 Å². The highest BCUT2D eigenvalue weighted by atomic mass is 16.5. The molecule has 0 unspecified atom stereocenters. The van der Waals surface area contributed by atoms with Crippen molar-refractivity contribution in [3.8, 4) is 11.5 Å². The Morgan fingerprint density at radius 3 is 2.26 bits per heavy atom. The van der Waals surface area contributed by atoms with E-state index in [9.17, 15) is 15.0 Å². The number of aromatic hydroxyl groups is 2. The van der Waals surface area contributed by atoms with Gasteiger partial charge in [-0.2, -0.15) is 0 Å². The fourth-order valence-corrected chi connectivity index (χ4v) is 2.50. The van der Waals surface area contributed by atoms with Gasteiger partial charge in [-0.05, 0) is 37.3 Å². The first-order valence-electron chi connectivity index (χ1n) is 8.42. The number of aromatic carboxylic acids is 1. The average molecular weight is 324 g/mol. The first-order valence-corrected chi connectivity index (χ1v) is 8.42. The summed E-state index contributed by atoms with van der Waals surface area (Å²) in [5.74, 6) is -2.17. The van der Waals surface area contributed by atoms with E-state index in [0.717, 1.165) is 38.9 Å². The van der Waals surface area contributed by atoms with Crippen molar-refractivity contribution in [2.45, 2.75) is 58.3 Å². The Bertz CT molecular complexity index is 485. The summed E-state index contributed by atoms with van der Waals surface area (Å²) >= 11 is 0. The predicted molar refractivity (Wildman–Crippen MR) is 89.2 cm³/mol. The largest absolute Gasteiger partial charge is 0.504 e. The number of benzene rings is 1. The van der Waals surface area contributed by atoms with Crippen molar-refractivity contribution >= 4 is 5.97 Å². The summed E-state index contributed by atoms with van der Waals surface area (Å²) in [5.41, 5.74) is 0.352. The Morgan fingerprint density at radius 1 is 1.00 bits per heavy atom. The van der Waals surface area contributed by atoms with Crippen LogP contribution in [-0.4, -0.2) is 34.5 Å². The average Bonchev–Trinajstić information content (AvgIpc) is 2.52. The molecular weight excluding hydrogens is 296 g/mol. The Kier molecular flexibility index (Phi) is 9.14. The van der Waals surface area contributed by atoms with Gasteiger partial charge in [0, 0.05) is 13.2 Å². The summed E-state index contributed by atoms with van der Waals surface area (Å²) < 4.78 is 5.56. The number of carbonyl (C=O) groups is 1. The molecule has 1 rings (SSSR count). The van der Waals surface area contributed by atoms with E-state index in [2.05, 4.69) is 6.92 Å². The summed E-state index contributed by atoms with van der Waals surface area (Å²) in [4.78, 5) is 11.2. The van der Waals surface area contributed by atoms with Crippen LogP contribution in [0.15, 0.2) is 12.1 Å². The minimum Gasteiger partial charge on any atom is -0.504 e. The number of hydrogen-bond acceptors (Lipinski definition) is 4. The van der Waals surface area contributed by atoms with Crippen LogP contribution in [0, 0.1) is 0 Å². The molecule has 0 saturated heterocycles. The Labute approximate surface area is 137 Å². The molecule has 1 aromatic carbocycles. The number of ether oxygens (including phenoxy) is 1. The zero-order valence-electron chi connectivity index (χ0n) is 13.9. The molecule has 0 aromatic heterocycles. The fourth-order valence-electron chi connectivity index (χ4n) is 2.50. The van der Waals surface area contributed by atoms with E-state index in [0.29, 0.717) is 12.0 Å². The first-order chi connectivity index (χ1) is 11.1. The molecule has 0 saturated carbocycles. The van der Waals surface area contributed by atoms with Gasteiger partial charge in [-0.25, -0.2) is 4.79 Å². The molecule has 0 fully saturated rings. The lowest BCUT2D eigenvalue weighted by Gasteiger charge is -2.09. The van der Waals surface area contributed by atoms with E-state index in [-0.39, 0.29) is 5.56 Å². The summed E-state index contributed by atoms with van der Waals surface area (Å²) in [5, 5.41) is 28.2. The minimum atomic E-state index is -1.22. The highest BCUT2D eigenvalue weighted by Gasteiger charge is 2.18. The molecule has 0 bridgehead atoms. The zero-order chi connectivity index (χ0) is 17.1. The van der Waals surface area contributed by atoms with Crippen molar-refractivity contribution in [1.29, 1.82) is 0 Å². The van der Waals surface area contributed by atoms with Crippen molar-refractivity contribution in [2.75, 3.05) is 13.2 Å². The highest BCUT2D eigenvalue weighted by Crippen LogP contribution is 2.32. The summed E-state index contributed by atoms with van der Waals surface area (Å²) in [7, 11) is 0. The van der Waals surface area contributed by atoms with Gasteiger partial charge >= 0.3 is 5.97 Å². The number of aryl methyl sites for hydroxylation is 1. The number of carboxylic acids is 1. The van der Waals surface area contributed by atoms with Crippen molar-refractivity contribution in [3.63, 3.8) is 0 Å². The van der Waals surface area contributed by atoms with Crippen LogP contribution < -0.4 is 0 Å². The van der Waals surface area contributed by atoms with Crippen molar-refractivity contribution in [1.82, 2.24) is 0 Å². The maximum absolute atomic E-state index is 11.2. The molecule has 0 atom stereocenters. The third-order valence-corrected chi connectivity index (χ3v) is 3.83. The van der Waals surface area contributed by atoms with Crippen molar-refractivity contribution in [3.05, 3.63) is 23.3 Å². The maximum atomic E-state index is 11.2. The number of hydrogen-bond donors (Lipinski definition) is 3. The van der Waals surface area contributed by atoms with Gasteiger partial charge in [0.1, 0.15) is 5.56 Å². The second kappa shape index (κ2) is 10.9. The van der Waals surface area contributed by atoms with E-state index in [1.807, 2.05) is 0 Å². The van der Waals surface area contributed by atoms with Gasteiger partial charge in [-0.3, -0.25) is 0 Å². The second-order valence-electron chi connectivity index (χ2n) is 5.76.